The molecule has 1 aliphatic rings. The molecule has 1 saturated heterocycles. The second-order valence-corrected chi connectivity index (χ2v) is 10.3. The van der Waals surface area contributed by atoms with Crippen LogP contribution in [0.15, 0.2) is 21.7 Å². The predicted octanol–water partition coefficient (Wildman–Crippen LogP) is 2.39. The van der Waals surface area contributed by atoms with Gasteiger partial charge in [-0.25, -0.2) is 13.4 Å². The molecule has 2 unspecified atom stereocenters. The average molecular weight is 425 g/mol. The van der Waals surface area contributed by atoms with Crippen molar-refractivity contribution in [3.63, 3.8) is 0 Å². The average Bonchev–Trinajstić information content (AvgIpc) is 3.34. The Bertz CT molecular complexity index is 964. The van der Waals surface area contributed by atoms with E-state index in [0.717, 1.165) is 11.5 Å². The van der Waals surface area contributed by atoms with Gasteiger partial charge in [0.25, 0.3) is 0 Å². The van der Waals surface area contributed by atoms with Gasteiger partial charge in [0.15, 0.2) is 9.84 Å². The van der Waals surface area contributed by atoms with Crippen molar-refractivity contribution in [2.24, 2.45) is 0 Å². The van der Waals surface area contributed by atoms with Gasteiger partial charge in [0.2, 0.25) is 11.1 Å². The molecule has 2 atom stereocenters. The van der Waals surface area contributed by atoms with Gasteiger partial charge in [0.1, 0.15) is 17.3 Å². The van der Waals surface area contributed by atoms with Gasteiger partial charge in [-0.3, -0.25) is 9.89 Å². The first-order valence-electron chi connectivity index (χ1n) is 9.12. The van der Waals surface area contributed by atoms with Crippen LogP contribution >= 0.6 is 11.8 Å². The SMILES string of the molecule is CCN(C(=O)C(C)Sc1n[nH]c(/C=C/c2ccc(C)o2)n1)C1CCS(=O)(=O)C1. The van der Waals surface area contributed by atoms with E-state index in [1.165, 1.54) is 11.8 Å². The second-order valence-electron chi connectivity index (χ2n) is 6.73. The van der Waals surface area contributed by atoms with Gasteiger partial charge in [0.05, 0.1) is 16.8 Å². The summed E-state index contributed by atoms with van der Waals surface area (Å²) in [6.07, 6.45) is 4.04. The van der Waals surface area contributed by atoms with Crippen molar-refractivity contribution in [3.05, 3.63) is 29.5 Å². The third-order valence-corrected chi connectivity index (χ3v) is 7.25. The molecule has 0 aromatic carbocycles. The number of nitrogens with zero attached hydrogens (tertiary/aromatic N) is 3. The summed E-state index contributed by atoms with van der Waals surface area (Å²) in [7, 11) is -3.04. The number of aryl methyl sites for hydroxylation is 1. The summed E-state index contributed by atoms with van der Waals surface area (Å²) in [6.45, 7) is 6.01. The van der Waals surface area contributed by atoms with E-state index < -0.39 is 15.1 Å². The van der Waals surface area contributed by atoms with Crippen molar-refractivity contribution in [2.45, 2.75) is 43.6 Å². The summed E-state index contributed by atoms with van der Waals surface area (Å²) >= 11 is 1.25. The molecule has 1 amide bonds. The van der Waals surface area contributed by atoms with Crippen LogP contribution in [-0.4, -0.2) is 63.7 Å². The maximum absolute atomic E-state index is 12.8. The molecule has 1 aliphatic heterocycles. The third kappa shape index (κ3) is 5.05. The van der Waals surface area contributed by atoms with Crippen LogP contribution < -0.4 is 0 Å². The largest absolute Gasteiger partial charge is 0.462 e. The molecule has 0 aliphatic carbocycles. The molecule has 1 fully saturated rings. The van der Waals surface area contributed by atoms with Gasteiger partial charge >= 0.3 is 0 Å². The van der Waals surface area contributed by atoms with Gasteiger partial charge in [0, 0.05) is 12.6 Å². The molecule has 0 spiro atoms. The van der Waals surface area contributed by atoms with Gasteiger partial charge in [-0.05, 0) is 51.5 Å². The van der Waals surface area contributed by atoms with Crippen LogP contribution in [0.3, 0.4) is 0 Å². The van der Waals surface area contributed by atoms with Crippen LogP contribution in [0.2, 0.25) is 0 Å². The van der Waals surface area contributed by atoms with E-state index in [9.17, 15) is 13.2 Å². The number of furan rings is 1. The molecule has 0 radical (unpaired) electrons. The number of H-pyrrole nitrogens is 1. The number of aromatic nitrogens is 3. The first-order chi connectivity index (χ1) is 13.3. The van der Waals surface area contributed by atoms with Crippen molar-refractivity contribution in [3.8, 4) is 0 Å². The Morgan fingerprint density at radius 2 is 2.25 bits per heavy atom. The summed E-state index contributed by atoms with van der Waals surface area (Å²) in [6, 6.07) is 3.50. The highest BCUT2D eigenvalue weighted by molar-refractivity contribution is 8.00. The summed E-state index contributed by atoms with van der Waals surface area (Å²) < 4.78 is 28.9. The molecule has 8 nitrogen and oxygen atoms in total. The Labute approximate surface area is 168 Å². The highest BCUT2D eigenvalue weighted by atomic mass is 32.2. The molecular weight excluding hydrogens is 400 g/mol. The smallest absolute Gasteiger partial charge is 0.236 e. The molecule has 10 heteroatoms. The summed E-state index contributed by atoms with van der Waals surface area (Å²) in [5.74, 6) is 2.21. The fraction of sp³-hybridized carbons (Fsp3) is 0.500. The van der Waals surface area contributed by atoms with E-state index >= 15 is 0 Å². The topological polar surface area (TPSA) is 109 Å². The van der Waals surface area contributed by atoms with Crippen molar-refractivity contribution in [1.82, 2.24) is 20.1 Å². The predicted molar refractivity (Wildman–Crippen MR) is 109 cm³/mol. The second kappa shape index (κ2) is 8.52. The first-order valence-corrected chi connectivity index (χ1v) is 11.8. The number of nitrogens with one attached hydrogen (secondary N) is 1. The van der Waals surface area contributed by atoms with Crippen molar-refractivity contribution >= 4 is 39.7 Å². The van der Waals surface area contributed by atoms with Crippen molar-refractivity contribution in [1.29, 1.82) is 0 Å². The molecular formula is C18H24N4O4S2. The lowest BCUT2D eigenvalue weighted by molar-refractivity contribution is -0.131. The number of thioether (sulfide) groups is 1. The Morgan fingerprint density at radius 1 is 1.46 bits per heavy atom. The standard InChI is InChI=1S/C18H24N4O4S2/c1-4-22(14-9-10-28(24,25)11-14)17(23)13(3)27-18-19-16(20-21-18)8-7-15-6-5-12(2)26-15/h5-8,13-14H,4,9-11H2,1-3H3,(H,19,20,21)/b8-7+. The Hall–Kier alpha value is -2.07. The quantitative estimate of drug-likeness (QED) is 0.680. The Morgan fingerprint density at radius 3 is 2.86 bits per heavy atom. The van der Waals surface area contributed by atoms with Crippen molar-refractivity contribution in [2.75, 3.05) is 18.1 Å². The lowest BCUT2D eigenvalue weighted by Gasteiger charge is -2.29. The normalized spacial score (nSPS) is 19.9. The Kier molecular flexibility index (Phi) is 6.29. The van der Waals surface area contributed by atoms with Crippen LogP contribution in [0.25, 0.3) is 12.2 Å². The van der Waals surface area contributed by atoms with Crippen LogP contribution in [0.4, 0.5) is 0 Å². The minimum Gasteiger partial charge on any atom is -0.462 e. The summed E-state index contributed by atoms with van der Waals surface area (Å²) in [5.41, 5.74) is 0. The molecule has 28 heavy (non-hydrogen) atoms. The monoisotopic (exact) mass is 424 g/mol. The maximum Gasteiger partial charge on any atom is 0.236 e. The number of hydrogen-bond acceptors (Lipinski definition) is 7. The van der Waals surface area contributed by atoms with Crippen LogP contribution in [0.1, 0.15) is 37.6 Å². The lowest BCUT2D eigenvalue weighted by atomic mass is 10.2. The highest BCUT2D eigenvalue weighted by Crippen LogP contribution is 2.25. The number of hydrogen-bond donors (Lipinski definition) is 1. The molecule has 2 aromatic rings. The molecule has 0 saturated carbocycles. The first kappa shape index (κ1) is 20.7. The number of carbonyl (C=O) groups is 1. The van der Waals surface area contributed by atoms with Crippen molar-refractivity contribution < 1.29 is 17.6 Å². The molecule has 2 aromatic heterocycles. The molecule has 3 rings (SSSR count). The van der Waals surface area contributed by atoms with Crippen LogP contribution in [0, 0.1) is 6.92 Å². The van der Waals surface area contributed by atoms with E-state index in [0.29, 0.717) is 23.9 Å². The van der Waals surface area contributed by atoms with Crippen LogP contribution in [0.5, 0.6) is 0 Å². The molecule has 0 bridgehead atoms. The highest BCUT2D eigenvalue weighted by Gasteiger charge is 2.35. The minimum atomic E-state index is -3.04. The number of carbonyl (C=O) groups excluding carboxylic acids is 1. The van der Waals surface area contributed by atoms with E-state index in [2.05, 4.69) is 15.2 Å². The fourth-order valence-electron chi connectivity index (χ4n) is 3.15. The Balaban J connectivity index is 1.60. The minimum absolute atomic E-state index is 0.0474. The van der Waals surface area contributed by atoms with Gasteiger partial charge in [-0.2, -0.15) is 0 Å². The van der Waals surface area contributed by atoms with E-state index in [1.54, 1.807) is 24.0 Å². The number of aromatic amines is 1. The molecule has 3 heterocycles. The van der Waals surface area contributed by atoms with E-state index in [-0.39, 0.29) is 23.5 Å². The molecule has 152 valence electrons. The summed E-state index contributed by atoms with van der Waals surface area (Å²) in [5, 5.41) is 7.01. The van der Waals surface area contributed by atoms with Gasteiger partial charge in [-0.1, -0.05) is 11.8 Å². The zero-order valence-electron chi connectivity index (χ0n) is 16.1. The summed E-state index contributed by atoms with van der Waals surface area (Å²) in [4.78, 5) is 18.8. The molecule has 1 N–H and O–H groups in total. The van der Waals surface area contributed by atoms with E-state index in [4.69, 9.17) is 4.42 Å². The zero-order valence-corrected chi connectivity index (χ0v) is 17.7. The number of rotatable bonds is 7. The third-order valence-electron chi connectivity index (χ3n) is 4.55. The van der Waals surface area contributed by atoms with Gasteiger partial charge < -0.3 is 9.32 Å². The maximum atomic E-state index is 12.8. The number of amides is 1. The fourth-order valence-corrected chi connectivity index (χ4v) is 5.68. The van der Waals surface area contributed by atoms with Crippen LogP contribution in [-0.2, 0) is 14.6 Å². The zero-order chi connectivity index (χ0) is 20.3. The van der Waals surface area contributed by atoms with E-state index in [1.807, 2.05) is 26.0 Å². The lowest BCUT2D eigenvalue weighted by Crippen LogP contribution is -2.44. The number of sulfone groups is 1. The van der Waals surface area contributed by atoms with Gasteiger partial charge in [-0.15, -0.1) is 5.10 Å².